The predicted octanol–water partition coefficient (Wildman–Crippen LogP) is 2.25. The van der Waals surface area contributed by atoms with Gasteiger partial charge in [-0.25, -0.2) is 4.39 Å². The molecule has 6 nitrogen and oxygen atoms in total. The highest BCUT2D eigenvalue weighted by molar-refractivity contribution is 5.94. The Morgan fingerprint density at radius 3 is 2.37 bits per heavy atom. The molecule has 0 aromatic heterocycles. The van der Waals surface area contributed by atoms with Gasteiger partial charge in [0.25, 0.3) is 5.91 Å². The second-order valence-electron chi connectivity index (χ2n) is 7.72. The number of amides is 2. The van der Waals surface area contributed by atoms with Crippen LogP contribution in [-0.2, 0) is 9.59 Å². The number of nitrogens with zero attached hydrogens (tertiary/aromatic N) is 2. The number of carbonyl (C=O) groups excluding carboxylic acids is 2. The quantitative estimate of drug-likeness (QED) is 0.878. The normalized spacial score (nSPS) is 25.9. The van der Waals surface area contributed by atoms with Crippen molar-refractivity contribution in [3.8, 4) is 0 Å². The Bertz CT molecular complexity index is 721. The second-order valence-corrected chi connectivity index (χ2v) is 7.72. The van der Waals surface area contributed by atoms with Crippen LogP contribution in [0.3, 0.4) is 0 Å². The van der Waals surface area contributed by atoms with Crippen LogP contribution in [-0.4, -0.2) is 58.9 Å². The fraction of sp³-hybridized carbons (Fsp3) is 0.550. The van der Waals surface area contributed by atoms with Crippen LogP contribution < -0.4 is 0 Å². The maximum absolute atomic E-state index is 13.1. The molecule has 2 saturated heterocycles. The summed E-state index contributed by atoms with van der Waals surface area (Å²) in [5.74, 6) is -2.24. The highest BCUT2D eigenvalue weighted by Gasteiger charge is 2.36. The number of carbonyl (C=O) groups is 3. The van der Waals surface area contributed by atoms with Crippen LogP contribution in [0.15, 0.2) is 24.3 Å². The van der Waals surface area contributed by atoms with Crippen molar-refractivity contribution in [2.24, 2.45) is 17.8 Å². The molecule has 2 heterocycles. The summed E-state index contributed by atoms with van der Waals surface area (Å²) in [4.78, 5) is 40.3. The highest BCUT2D eigenvalue weighted by Crippen LogP contribution is 2.26. The van der Waals surface area contributed by atoms with E-state index in [0.717, 1.165) is 6.42 Å². The summed E-state index contributed by atoms with van der Waals surface area (Å²) >= 11 is 0. The molecular weight excluding hydrogens is 351 g/mol. The van der Waals surface area contributed by atoms with Crippen LogP contribution in [0.25, 0.3) is 0 Å². The molecule has 2 amide bonds. The van der Waals surface area contributed by atoms with Crippen LogP contribution in [0.4, 0.5) is 4.39 Å². The SMILES string of the molecule is CC1CC(C(=O)O)CN(C(=O)C2CCCN(C(=O)c3ccc(F)cc3)C2)C1. The average Bonchev–Trinajstić information content (AvgIpc) is 2.67. The van der Waals surface area contributed by atoms with E-state index < -0.39 is 17.7 Å². The Kier molecular flexibility index (Phi) is 5.77. The first kappa shape index (κ1) is 19.3. The maximum Gasteiger partial charge on any atom is 0.308 e. The standard InChI is InChI=1S/C20H25FN2O4/c1-13-9-16(20(26)27)12-23(10-13)19(25)15-3-2-8-22(11-15)18(24)14-4-6-17(21)7-5-14/h4-7,13,15-16H,2-3,8-12H2,1H3,(H,26,27). The van der Waals surface area contributed by atoms with Crippen LogP contribution in [0.5, 0.6) is 0 Å². The molecule has 3 atom stereocenters. The van der Waals surface area contributed by atoms with Crippen LogP contribution >= 0.6 is 0 Å². The first-order chi connectivity index (χ1) is 12.8. The molecule has 0 saturated carbocycles. The number of rotatable bonds is 3. The van der Waals surface area contributed by atoms with Crippen LogP contribution in [0, 0.1) is 23.6 Å². The Morgan fingerprint density at radius 2 is 1.70 bits per heavy atom. The molecule has 7 heteroatoms. The van der Waals surface area contributed by atoms with Gasteiger partial charge in [0, 0.05) is 31.7 Å². The van der Waals surface area contributed by atoms with Crippen molar-refractivity contribution >= 4 is 17.8 Å². The number of aliphatic carboxylic acids is 1. The minimum absolute atomic E-state index is 0.0654. The van der Waals surface area contributed by atoms with E-state index in [1.54, 1.807) is 9.80 Å². The molecule has 0 radical (unpaired) electrons. The third kappa shape index (κ3) is 4.46. The Hall–Kier alpha value is -2.44. The molecule has 3 unspecified atom stereocenters. The minimum atomic E-state index is -0.865. The molecule has 2 aliphatic rings. The van der Waals surface area contributed by atoms with E-state index in [9.17, 15) is 23.9 Å². The van der Waals surface area contributed by atoms with Gasteiger partial charge in [-0.05, 0) is 49.4 Å². The van der Waals surface area contributed by atoms with E-state index in [0.29, 0.717) is 38.0 Å². The first-order valence-electron chi connectivity index (χ1n) is 9.41. The Balaban J connectivity index is 1.66. The van der Waals surface area contributed by atoms with Gasteiger partial charge in [-0.3, -0.25) is 14.4 Å². The van der Waals surface area contributed by atoms with E-state index in [1.807, 2.05) is 6.92 Å². The van der Waals surface area contributed by atoms with Gasteiger partial charge < -0.3 is 14.9 Å². The van der Waals surface area contributed by atoms with Crippen molar-refractivity contribution in [2.75, 3.05) is 26.2 Å². The molecule has 0 spiro atoms. The van der Waals surface area contributed by atoms with Crippen molar-refractivity contribution < 1.29 is 23.9 Å². The zero-order valence-corrected chi connectivity index (χ0v) is 15.4. The second kappa shape index (κ2) is 8.06. The van der Waals surface area contributed by atoms with Crippen molar-refractivity contribution in [3.63, 3.8) is 0 Å². The summed E-state index contributed by atoms with van der Waals surface area (Å²) in [6.45, 7) is 3.64. The van der Waals surface area contributed by atoms with Gasteiger partial charge in [0.2, 0.25) is 5.91 Å². The maximum atomic E-state index is 13.1. The number of carboxylic acids is 1. The van der Waals surface area contributed by atoms with E-state index >= 15 is 0 Å². The largest absolute Gasteiger partial charge is 0.481 e. The molecule has 1 N–H and O–H groups in total. The molecule has 3 rings (SSSR count). The number of piperidine rings is 2. The highest BCUT2D eigenvalue weighted by atomic mass is 19.1. The first-order valence-corrected chi connectivity index (χ1v) is 9.41. The molecule has 1 aromatic rings. The lowest BCUT2D eigenvalue weighted by Gasteiger charge is -2.39. The molecule has 2 aliphatic heterocycles. The minimum Gasteiger partial charge on any atom is -0.481 e. The smallest absolute Gasteiger partial charge is 0.308 e. The number of benzene rings is 1. The van der Waals surface area contributed by atoms with Crippen LogP contribution in [0.1, 0.15) is 36.5 Å². The molecule has 0 aliphatic carbocycles. The van der Waals surface area contributed by atoms with E-state index in [-0.39, 0.29) is 30.2 Å². The molecule has 27 heavy (non-hydrogen) atoms. The summed E-state index contributed by atoms with van der Waals surface area (Å²) in [7, 11) is 0. The van der Waals surface area contributed by atoms with Crippen LogP contribution in [0.2, 0.25) is 0 Å². The van der Waals surface area contributed by atoms with E-state index in [1.165, 1.54) is 24.3 Å². The summed E-state index contributed by atoms with van der Waals surface area (Å²) < 4.78 is 13.1. The lowest BCUT2D eigenvalue weighted by molar-refractivity contribution is -0.148. The van der Waals surface area contributed by atoms with Gasteiger partial charge in [-0.2, -0.15) is 0 Å². The summed E-state index contributed by atoms with van der Waals surface area (Å²) in [5, 5.41) is 9.31. The fourth-order valence-electron chi connectivity index (χ4n) is 4.11. The zero-order chi connectivity index (χ0) is 19.6. The summed E-state index contributed by atoms with van der Waals surface area (Å²) in [6.07, 6.45) is 1.99. The van der Waals surface area contributed by atoms with Gasteiger partial charge in [0.15, 0.2) is 0 Å². The fourth-order valence-corrected chi connectivity index (χ4v) is 4.11. The topological polar surface area (TPSA) is 77.9 Å². The van der Waals surface area contributed by atoms with Crippen molar-refractivity contribution in [1.82, 2.24) is 9.80 Å². The molecular formula is C20H25FN2O4. The van der Waals surface area contributed by atoms with E-state index in [4.69, 9.17) is 0 Å². The van der Waals surface area contributed by atoms with Gasteiger partial charge in [-0.1, -0.05) is 6.92 Å². The summed E-state index contributed by atoms with van der Waals surface area (Å²) in [6, 6.07) is 5.40. The lowest BCUT2D eigenvalue weighted by Crippen LogP contribution is -2.51. The average molecular weight is 376 g/mol. The number of halogens is 1. The molecule has 0 bridgehead atoms. The molecule has 2 fully saturated rings. The third-order valence-corrected chi connectivity index (χ3v) is 5.47. The third-order valence-electron chi connectivity index (χ3n) is 5.47. The molecule has 1 aromatic carbocycles. The number of carboxylic acid groups (broad SMARTS) is 1. The van der Waals surface area contributed by atoms with E-state index in [2.05, 4.69) is 0 Å². The number of likely N-dealkylation sites (tertiary alicyclic amines) is 2. The Labute approximate surface area is 157 Å². The lowest BCUT2D eigenvalue weighted by atomic mass is 9.88. The number of hydrogen-bond donors (Lipinski definition) is 1. The predicted molar refractivity (Wildman–Crippen MR) is 96.5 cm³/mol. The summed E-state index contributed by atoms with van der Waals surface area (Å²) in [5.41, 5.74) is 0.405. The number of hydrogen-bond acceptors (Lipinski definition) is 3. The van der Waals surface area contributed by atoms with Gasteiger partial charge in [-0.15, -0.1) is 0 Å². The molecule has 146 valence electrons. The van der Waals surface area contributed by atoms with Crippen molar-refractivity contribution in [2.45, 2.75) is 26.2 Å². The Morgan fingerprint density at radius 1 is 1.04 bits per heavy atom. The van der Waals surface area contributed by atoms with Gasteiger partial charge >= 0.3 is 5.97 Å². The van der Waals surface area contributed by atoms with Crippen molar-refractivity contribution in [1.29, 1.82) is 0 Å². The van der Waals surface area contributed by atoms with Gasteiger partial charge in [0.05, 0.1) is 11.8 Å². The zero-order valence-electron chi connectivity index (χ0n) is 15.4. The monoisotopic (exact) mass is 376 g/mol. The van der Waals surface area contributed by atoms with Crippen molar-refractivity contribution in [3.05, 3.63) is 35.6 Å². The van der Waals surface area contributed by atoms with Gasteiger partial charge in [0.1, 0.15) is 5.82 Å².